The van der Waals surface area contributed by atoms with Gasteiger partial charge in [-0.05, 0) is 19.3 Å². The summed E-state index contributed by atoms with van der Waals surface area (Å²) in [6.07, 6.45) is 7.49. The summed E-state index contributed by atoms with van der Waals surface area (Å²) in [7, 11) is 0. The van der Waals surface area contributed by atoms with E-state index in [2.05, 4.69) is 30.0 Å². The van der Waals surface area contributed by atoms with Crippen molar-refractivity contribution >= 4 is 12.4 Å². The van der Waals surface area contributed by atoms with Crippen LogP contribution in [0.3, 0.4) is 0 Å². The molecule has 1 aliphatic heterocycles. The zero-order valence-electron chi connectivity index (χ0n) is 16.6. The molecule has 1 saturated heterocycles. The second-order valence-corrected chi connectivity index (χ2v) is 7.18. The van der Waals surface area contributed by atoms with Crippen LogP contribution in [0, 0.1) is 0 Å². The molecule has 156 valence electrons. The monoisotopic (exact) mass is 401 g/mol. The van der Waals surface area contributed by atoms with Crippen LogP contribution < -0.4 is 0 Å². The van der Waals surface area contributed by atoms with Gasteiger partial charge in [0.1, 0.15) is 17.5 Å². The first-order valence-corrected chi connectivity index (χ1v) is 9.96. The molecule has 2 N–H and O–H groups in total. The molecule has 0 aromatic carbocycles. The van der Waals surface area contributed by atoms with Crippen LogP contribution in [0.2, 0.25) is 0 Å². The molecule has 0 spiro atoms. The molecule has 3 heterocycles. The number of aromatic amines is 1. The number of nitrogens with zero attached hydrogens (tertiary/aromatic N) is 6. The van der Waals surface area contributed by atoms with E-state index >= 15 is 0 Å². The fourth-order valence-electron chi connectivity index (χ4n) is 3.29. The Morgan fingerprint density at radius 2 is 1.97 bits per heavy atom. The normalized spacial score (nSPS) is 17.2. The van der Waals surface area contributed by atoms with E-state index in [1.54, 1.807) is 12.4 Å². The van der Waals surface area contributed by atoms with E-state index in [0.29, 0.717) is 18.0 Å². The molecule has 10 heteroatoms. The van der Waals surface area contributed by atoms with Crippen LogP contribution in [-0.4, -0.2) is 78.6 Å². The Bertz CT molecular complexity index is 804. The van der Waals surface area contributed by atoms with Crippen molar-refractivity contribution in [3.05, 3.63) is 35.4 Å². The SMILES string of the molecule is CCc1n[nH]c(CN2CCCN(C(=O)c3cnc(C4CC4)nc3)CC2)n1.O=CO. The Labute approximate surface area is 169 Å². The maximum absolute atomic E-state index is 12.8. The molecule has 2 aliphatic rings. The Balaban J connectivity index is 0.000000755. The van der Waals surface area contributed by atoms with E-state index < -0.39 is 0 Å². The molecule has 2 aromatic heterocycles. The van der Waals surface area contributed by atoms with E-state index in [9.17, 15) is 4.79 Å². The van der Waals surface area contributed by atoms with Gasteiger partial charge in [-0.2, -0.15) is 5.10 Å². The molecule has 2 aromatic rings. The average molecular weight is 401 g/mol. The molecule has 1 saturated carbocycles. The Kier molecular flexibility index (Phi) is 7.23. The summed E-state index contributed by atoms with van der Waals surface area (Å²) >= 11 is 0. The summed E-state index contributed by atoms with van der Waals surface area (Å²) in [5, 5.41) is 14.1. The van der Waals surface area contributed by atoms with Gasteiger partial charge in [0.05, 0.1) is 12.1 Å². The van der Waals surface area contributed by atoms with Crippen molar-refractivity contribution in [3.63, 3.8) is 0 Å². The fourth-order valence-corrected chi connectivity index (χ4v) is 3.29. The minimum atomic E-state index is -0.250. The number of hydrogen-bond donors (Lipinski definition) is 2. The molecule has 0 bridgehead atoms. The molecule has 1 aliphatic carbocycles. The predicted molar refractivity (Wildman–Crippen MR) is 104 cm³/mol. The van der Waals surface area contributed by atoms with Gasteiger partial charge < -0.3 is 10.0 Å². The third kappa shape index (κ3) is 5.80. The highest BCUT2D eigenvalue weighted by Gasteiger charge is 2.27. The van der Waals surface area contributed by atoms with Crippen molar-refractivity contribution in [2.24, 2.45) is 0 Å². The van der Waals surface area contributed by atoms with Crippen LogP contribution in [0.25, 0.3) is 0 Å². The molecule has 10 nitrogen and oxygen atoms in total. The van der Waals surface area contributed by atoms with E-state index in [-0.39, 0.29) is 12.4 Å². The van der Waals surface area contributed by atoms with Crippen LogP contribution in [0.15, 0.2) is 12.4 Å². The number of amides is 1. The predicted octanol–water partition coefficient (Wildman–Crippen LogP) is 1.08. The average Bonchev–Trinajstić information content (AvgIpc) is 3.52. The number of hydrogen-bond acceptors (Lipinski definition) is 7. The molecule has 1 amide bonds. The quantitative estimate of drug-likeness (QED) is 0.713. The topological polar surface area (TPSA) is 128 Å². The van der Waals surface area contributed by atoms with Gasteiger partial charge in [0, 0.05) is 50.9 Å². The van der Waals surface area contributed by atoms with Gasteiger partial charge in [-0.25, -0.2) is 15.0 Å². The number of aryl methyl sites for hydroxylation is 1. The van der Waals surface area contributed by atoms with Crippen molar-refractivity contribution in [3.8, 4) is 0 Å². The highest BCUT2D eigenvalue weighted by Crippen LogP contribution is 2.37. The summed E-state index contributed by atoms with van der Waals surface area (Å²) in [5.74, 6) is 3.16. The largest absolute Gasteiger partial charge is 0.483 e. The lowest BCUT2D eigenvalue weighted by molar-refractivity contribution is -0.122. The van der Waals surface area contributed by atoms with Crippen molar-refractivity contribution in [2.45, 2.75) is 45.1 Å². The smallest absolute Gasteiger partial charge is 0.290 e. The molecule has 29 heavy (non-hydrogen) atoms. The summed E-state index contributed by atoms with van der Waals surface area (Å²) in [6.45, 7) is 5.78. The van der Waals surface area contributed by atoms with Gasteiger partial charge in [-0.3, -0.25) is 19.6 Å². The van der Waals surface area contributed by atoms with Crippen LogP contribution in [-0.2, 0) is 17.8 Å². The maximum Gasteiger partial charge on any atom is 0.290 e. The first-order valence-electron chi connectivity index (χ1n) is 9.96. The van der Waals surface area contributed by atoms with Gasteiger partial charge in [0.15, 0.2) is 0 Å². The molecular formula is C19H27N7O3. The summed E-state index contributed by atoms with van der Waals surface area (Å²) in [5.41, 5.74) is 0.589. The number of aromatic nitrogens is 5. The van der Waals surface area contributed by atoms with E-state index in [0.717, 1.165) is 56.5 Å². The van der Waals surface area contributed by atoms with Crippen LogP contribution in [0.1, 0.15) is 59.9 Å². The summed E-state index contributed by atoms with van der Waals surface area (Å²) in [4.78, 5) is 38.6. The molecule has 2 fully saturated rings. The van der Waals surface area contributed by atoms with Crippen molar-refractivity contribution in [2.75, 3.05) is 26.2 Å². The first kappa shape index (κ1) is 20.8. The van der Waals surface area contributed by atoms with Gasteiger partial charge in [0.25, 0.3) is 12.4 Å². The maximum atomic E-state index is 12.8. The number of carbonyl (C=O) groups is 2. The summed E-state index contributed by atoms with van der Waals surface area (Å²) < 4.78 is 0. The van der Waals surface area contributed by atoms with Gasteiger partial charge in [0.2, 0.25) is 0 Å². The lowest BCUT2D eigenvalue weighted by Crippen LogP contribution is -2.35. The molecule has 4 rings (SSSR count). The van der Waals surface area contributed by atoms with E-state index in [1.165, 1.54) is 12.8 Å². The van der Waals surface area contributed by atoms with Gasteiger partial charge in [-0.1, -0.05) is 6.92 Å². The number of carbonyl (C=O) groups excluding carboxylic acids is 1. The highest BCUT2D eigenvalue weighted by molar-refractivity contribution is 5.93. The minimum absolute atomic E-state index is 0.0298. The van der Waals surface area contributed by atoms with Crippen molar-refractivity contribution in [1.82, 2.24) is 34.9 Å². The Morgan fingerprint density at radius 3 is 2.59 bits per heavy atom. The Hall–Kier alpha value is -2.88. The zero-order chi connectivity index (χ0) is 20.6. The van der Waals surface area contributed by atoms with Crippen LogP contribution >= 0.6 is 0 Å². The third-order valence-electron chi connectivity index (χ3n) is 5.00. The number of H-pyrrole nitrogens is 1. The van der Waals surface area contributed by atoms with E-state index in [1.807, 2.05) is 11.8 Å². The minimum Gasteiger partial charge on any atom is -0.483 e. The number of carboxylic acid groups (broad SMARTS) is 1. The third-order valence-corrected chi connectivity index (χ3v) is 5.00. The first-order chi connectivity index (χ1) is 14.1. The van der Waals surface area contributed by atoms with Gasteiger partial charge in [-0.15, -0.1) is 0 Å². The summed E-state index contributed by atoms with van der Waals surface area (Å²) in [6, 6.07) is 0. The van der Waals surface area contributed by atoms with Crippen LogP contribution in [0.5, 0.6) is 0 Å². The second-order valence-electron chi connectivity index (χ2n) is 7.18. The van der Waals surface area contributed by atoms with E-state index in [4.69, 9.17) is 9.90 Å². The highest BCUT2D eigenvalue weighted by atomic mass is 16.3. The fraction of sp³-hybridized carbons (Fsp3) is 0.579. The second kappa shape index (κ2) is 10.1. The van der Waals surface area contributed by atoms with Crippen LogP contribution in [0.4, 0.5) is 0 Å². The standard InChI is InChI=1S/C18H25N7O.CH2O2/c1-2-15-21-16(23-22-15)12-24-6-3-7-25(9-8-24)18(26)14-10-19-17(20-11-14)13-4-5-13;2-1-3/h10-11,13H,2-9,12H2,1H3,(H,21,22,23);1H,(H,2,3). The number of rotatable bonds is 5. The number of nitrogens with one attached hydrogen (secondary N) is 1. The molecule has 0 unspecified atom stereocenters. The molecule has 0 radical (unpaired) electrons. The van der Waals surface area contributed by atoms with Crippen molar-refractivity contribution < 1.29 is 14.7 Å². The van der Waals surface area contributed by atoms with Gasteiger partial charge >= 0.3 is 0 Å². The lowest BCUT2D eigenvalue weighted by atomic mass is 10.2. The zero-order valence-corrected chi connectivity index (χ0v) is 16.6. The molecular weight excluding hydrogens is 374 g/mol. The molecule has 0 atom stereocenters. The van der Waals surface area contributed by atoms with Crippen molar-refractivity contribution in [1.29, 1.82) is 0 Å². The Morgan fingerprint density at radius 1 is 1.24 bits per heavy atom. The lowest BCUT2D eigenvalue weighted by Gasteiger charge is -2.21.